The van der Waals surface area contributed by atoms with Gasteiger partial charge in [0.15, 0.2) is 0 Å². The van der Waals surface area contributed by atoms with Crippen LogP contribution in [0.25, 0.3) is 0 Å². The van der Waals surface area contributed by atoms with Crippen LogP contribution < -0.4 is 21.3 Å². The highest BCUT2D eigenvalue weighted by atomic mass is 16.2. The first-order valence-electron chi connectivity index (χ1n) is 8.71. The molecule has 1 saturated carbocycles. The van der Waals surface area contributed by atoms with E-state index in [1.807, 2.05) is 25.1 Å². The minimum Gasteiger partial charge on any atom is -0.371 e. The van der Waals surface area contributed by atoms with Crippen LogP contribution in [-0.4, -0.2) is 36.5 Å². The zero-order valence-corrected chi connectivity index (χ0v) is 14.2. The van der Waals surface area contributed by atoms with E-state index in [2.05, 4.69) is 21.6 Å². The molecule has 1 aromatic carbocycles. The predicted octanol–water partition coefficient (Wildman–Crippen LogP) is 1.61. The van der Waals surface area contributed by atoms with Crippen molar-refractivity contribution in [3.8, 4) is 0 Å². The zero-order chi connectivity index (χ0) is 17.2. The molecule has 2 amide bonds. The second kappa shape index (κ2) is 6.81. The molecule has 0 aromatic heterocycles. The Kier molecular flexibility index (Phi) is 4.76. The van der Waals surface area contributed by atoms with Crippen molar-refractivity contribution in [2.24, 2.45) is 5.73 Å². The lowest BCUT2D eigenvalue weighted by Gasteiger charge is -2.19. The molecule has 6 heteroatoms. The first-order chi connectivity index (χ1) is 11.5. The van der Waals surface area contributed by atoms with Crippen molar-refractivity contribution in [2.45, 2.75) is 50.6 Å². The number of hydrogen-bond donors (Lipinski definition) is 3. The maximum atomic E-state index is 12.2. The second-order valence-electron chi connectivity index (χ2n) is 7.03. The van der Waals surface area contributed by atoms with E-state index in [9.17, 15) is 9.59 Å². The molecule has 1 aliphatic carbocycles. The van der Waals surface area contributed by atoms with Crippen LogP contribution in [-0.2, 0) is 9.59 Å². The molecular weight excluding hydrogens is 304 g/mol. The Hall–Kier alpha value is -2.08. The van der Waals surface area contributed by atoms with Crippen molar-refractivity contribution in [2.75, 3.05) is 23.3 Å². The van der Waals surface area contributed by atoms with Gasteiger partial charge in [0, 0.05) is 36.9 Å². The van der Waals surface area contributed by atoms with Gasteiger partial charge in [-0.05, 0) is 50.8 Å². The third-order valence-corrected chi connectivity index (χ3v) is 4.71. The second-order valence-corrected chi connectivity index (χ2v) is 7.03. The van der Waals surface area contributed by atoms with Crippen LogP contribution in [0.5, 0.6) is 0 Å². The smallest absolute Gasteiger partial charge is 0.240 e. The van der Waals surface area contributed by atoms with Crippen molar-refractivity contribution in [1.82, 2.24) is 5.32 Å². The van der Waals surface area contributed by atoms with Crippen LogP contribution in [0.3, 0.4) is 0 Å². The van der Waals surface area contributed by atoms with Gasteiger partial charge in [0.25, 0.3) is 0 Å². The molecule has 0 bridgehead atoms. The van der Waals surface area contributed by atoms with Gasteiger partial charge in [0.2, 0.25) is 11.8 Å². The molecule has 2 fully saturated rings. The zero-order valence-electron chi connectivity index (χ0n) is 14.2. The number of anilines is 2. The molecule has 1 saturated heterocycles. The van der Waals surface area contributed by atoms with E-state index in [1.54, 1.807) is 0 Å². The Morgan fingerprint density at radius 3 is 2.67 bits per heavy atom. The number of nitrogens with two attached hydrogens (primary N) is 1. The molecule has 24 heavy (non-hydrogen) atoms. The fraction of sp³-hybridized carbons (Fsp3) is 0.556. The Labute approximate surface area is 142 Å². The number of benzene rings is 1. The third kappa shape index (κ3) is 4.06. The largest absolute Gasteiger partial charge is 0.371 e. The van der Waals surface area contributed by atoms with Gasteiger partial charge in [-0.15, -0.1) is 0 Å². The van der Waals surface area contributed by atoms with Gasteiger partial charge in [-0.2, -0.15) is 0 Å². The summed E-state index contributed by atoms with van der Waals surface area (Å²) >= 11 is 0. The molecule has 1 aromatic rings. The van der Waals surface area contributed by atoms with Gasteiger partial charge in [0.05, 0.1) is 5.54 Å². The summed E-state index contributed by atoms with van der Waals surface area (Å²) < 4.78 is 0. The Morgan fingerprint density at radius 2 is 2.00 bits per heavy atom. The van der Waals surface area contributed by atoms with Gasteiger partial charge >= 0.3 is 0 Å². The van der Waals surface area contributed by atoms with E-state index in [1.165, 1.54) is 12.8 Å². The standard InChI is InChI=1S/C18H26N4O2/c1-13(20-17(24)18(19)7-8-18)11-16(23)21-14-5-4-6-15(12-14)22-9-2-3-10-22/h4-6,12-13H,2-3,7-11,19H2,1H3,(H,20,24)(H,21,23). The fourth-order valence-electron chi connectivity index (χ4n) is 3.03. The summed E-state index contributed by atoms with van der Waals surface area (Å²) in [5.41, 5.74) is 7.09. The van der Waals surface area contributed by atoms with Gasteiger partial charge in [0.1, 0.15) is 0 Å². The van der Waals surface area contributed by atoms with E-state index < -0.39 is 5.54 Å². The molecule has 1 unspecified atom stereocenters. The number of carbonyl (C=O) groups is 2. The molecule has 0 radical (unpaired) electrons. The van der Waals surface area contributed by atoms with Gasteiger partial charge in [-0.3, -0.25) is 9.59 Å². The molecular formula is C18H26N4O2. The summed E-state index contributed by atoms with van der Waals surface area (Å²) in [6, 6.07) is 7.69. The summed E-state index contributed by atoms with van der Waals surface area (Å²) in [7, 11) is 0. The Morgan fingerprint density at radius 1 is 1.29 bits per heavy atom. The molecule has 0 spiro atoms. The first-order valence-corrected chi connectivity index (χ1v) is 8.71. The highest BCUT2D eigenvalue weighted by Crippen LogP contribution is 2.32. The average molecular weight is 330 g/mol. The number of carbonyl (C=O) groups excluding carboxylic acids is 2. The van der Waals surface area contributed by atoms with E-state index in [4.69, 9.17) is 5.73 Å². The van der Waals surface area contributed by atoms with Crippen molar-refractivity contribution < 1.29 is 9.59 Å². The first kappa shape index (κ1) is 16.8. The molecule has 1 heterocycles. The number of amides is 2. The summed E-state index contributed by atoms with van der Waals surface area (Å²) in [6.07, 6.45) is 4.12. The van der Waals surface area contributed by atoms with E-state index in [0.717, 1.165) is 37.3 Å². The fourth-order valence-corrected chi connectivity index (χ4v) is 3.03. The number of nitrogens with zero attached hydrogens (tertiary/aromatic N) is 1. The molecule has 3 rings (SSSR count). The van der Waals surface area contributed by atoms with Gasteiger partial charge in [-0.1, -0.05) is 6.07 Å². The van der Waals surface area contributed by atoms with Crippen molar-refractivity contribution in [3.05, 3.63) is 24.3 Å². The van der Waals surface area contributed by atoms with E-state index in [-0.39, 0.29) is 24.3 Å². The maximum Gasteiger partial charge on any atom is 0.240 e. The van der Waals surface area contributed by atoms with E-state index >= 15 is 0 Å². The normalized spacial score (nSPS) is 19.7. The van der Waals surface area contributed by atoms with Crippen LogP contribution in [0.2, 0.25) is 0 Å². The van der Waals surface area contributed by atoms with Crippen LogP contribution in [0, 0.1) is 0 Å². The van der Waals surface area contributed by atoms with Gasteiger partial charge in [-0.25, -0.2) is 0 Å². The average Bonchev–Trinajstić information content (AvgIpc) is 3.08. The highest BCUT2D eigenvalue weighted by molar-refractivity contribution is 5.93. The van der Waals surface area contributed by atoms with Crippen LogP contribution in [0.15, 0.2) is 24.3 Å². The van der Waals surface area contributed by atoms with Crippen molar-refractivity contribution >= 4 is 23.2 Å². The summed E-state index contributed by atoms with van der Waals surface area (Å²) in [6.45, 7) is 3.96. The summed E-state index contributed by atoms with van der Waals surface area (Å²) in [5.74, 6) is -0.262. The topological polar surface area (TPSA) is 87.5 Å². The number of rotatable bonds is 6. The molecule has 6 nitrogen and oxygen atoms in total. The lowest BCUT2D eigenvalue weighted by atomic mass is 10.2. The van der Waals surface area contributed by atoms with Crippen LogP contribution in [0.1, 0.15) is 39.0 Å². The lowest BCUT2D eigenvalue weighted by molar-refractivity contribution is -0.124. The third-order valence-electron chi connectivity index (χ3n) is 4.71. The monoisotopic (exact) mass is 330 g/mol. The molecule has 130 valence electrons. The lowest BCUT2D eigenvalue weighted by Crippen LogP contribution is -2.47. The Bertz CT molecular complexity index is 621. The Balaban J connectivity index is 1.51. The number of hydrogen-bond acceptors (Lipinski definition) is 4. The molecule has 2 aliphatic rings. The van der Waals surface area contributed by atoms with E-state index in [0.29, 0.717) is 0 Å². The van der Waals surface area contributed by atoms with Crippen molar-refractivity contribution in [1.29, 1.82) is 0 Å². The summed E-state index contributed by atoms with van der Waals surface area (Å²) in [4.78, 5) is 26.4. The molecule has 1 atom stereocenters. The summed E-state index contributed by atoms with van der Waals surface area (Å²) in [5, 5.41) is 5.74. The SMILES string of the molecule is CC(CC(=O)Nc1cccc(N2CCCC2)c1)NC(=O)C1(N)CC1. The molecule has 1 aliphatic heterocycles. The highest BCUT2D eigenvalue weighted by Gasteiger charge is 2.46. The minimum atomic E-state index is -0.700. The molecule has 4 N–H and O–H groups in total. The predicted molar refractivity (Wildman–Crippen MR) is 94.9 cm³/mol. The van der Waals surface area contributed by atoms with Crippen LogP contribution in [0.4, 0.5) is 11.4 Å². The number of nitrogens with one attached hydrogen (secondary N) is 2. The minimum absolute atomic E-state index is 0.108. The maximum absolute atomic E-state index is 12.2. The van der Waals surface area contributed by atoms with Crippen molar-refractivity contribution in [3.63, 3.8) is 0 Å². The van der Waals surface area contributed by atoms with Gasteiger partial charge < -0.3 is 21.3 Å². The van der Waals surface area contributed by atoms with Crippen LogP contribution >= 0.6 is 0 Å². The quantitative estimate of drug-likeness (QED) is 0.739.